The molecule has 1 aliphatic carbocycles. The lowest BCUT2D eigenvalue weighted by Gasteiger charge is -2.32. The van der Waals surface area contributed by atoms with Crippen LogP contribution in [0, 0.1) is 11.7 Å². The van der Waals surface area contributed by atoms with E-state index in [0.29, 0.717) is 25.2 Å². The van der Waals surface area contributed by atoms with Crippen molar-refractivity contribution in [2.24, 2.45) is 5.92 Å². The molecule has 1 saturated heterocycles. The Bertz CT molecular complexity index is 899. The second kappa shape index (κ2) is 8.17. The van der Waals surface area contributed by atoms with Crippen molar-refractivity contribution in [2.75, 3.05) is 13.1 Å². The summed E-state index contributed by atoms with van der Waals surface area (Å²) in [5, 5.41) is 6.02. The number of likely N-dealkylation sites (tertiary alicyclic amines) is 1. The number of aromatic nitrogens is 1. The van der Waals surface area contributed by atoms with E-state index in [1.807, 2.05) is 5.38 Å². The monoisotopic (exact) mass is 421 g/mol. The van der Waals surface area contributed by atoms with Crippen LogP contribution < -0.4 is 5.32 Å². The number of halogens is 2. The molecule has 1 aromatic carbocycles. The van der Waals surface area contributed by atoms with Crippen molar-refractivity contribution in [1.82, 2.24) is 15.2 Å². The van der Waals surface area contributed by atoms with Crippen molar-refractivity contribution >= 4 is 34.8 Å². The van der Waals surface area contributed by atoms with Gasteiger partial charge in [-0.25, -0.2) is 9.37 Å². The van der Waals surface area contributed by atoms with Gasteiger partial charge in [-0.3, -0.25) is 9.59 Å². The van der Waals surface area contributed by atoms with Gasteiger partial charge in [0.1, 0.15) is 5.82 Å². The molecule has 2 amide bonds. The zero-order chi connectivity index (χ0) is 19.7. The average molecular weight is 422 g/mol. The predicted octanol–water partition coefficient (Wildman–Crippen LogP) is 3.98. The van der Waals surface area contributed by atoms with Crippen LogP contribution in [-0.4, -0.2) is 34.8 Å². The highest BCUT2D eigenvalue weighted by Gasteiger charge is 2.30. The summed E-state index contributed by atoms with van der Waals surface area (Å²) in [4.78, 5) is 31.0. The summed E-state index contributed by atoms with van der Waals surface area (Å²) in [6, 6.07) is 3.86. The van der Waals surface area contributed by atoms with Gasteiger partial charge in [0.15, 0.2) is 0 Å². The van der Waals surface area contributed by atoms with Crippen LogP contribution in [0.25, 0.3) is 0 Å². The molecular weight excluding hydrogens is 401 g/mol. The predicted molar refractivity (Wildman–Crippen MR) is 106 cm³/mol. The first-order valence-electron chi connectivity index (χ1n) is 9.47. The maximum absolute atomic E-state index is 13.3. The molecule has 148 valence electrons. The third-order valence-electron chi connectivity index (χ3n) is 5.18. The summed E-state index contributed by atoms with van der Waals surface area (Å²) < 4.78 is 13.3. The number of carbonyl (C=O) groups excluding carboxylic acids is 2. The number of benzene rings is 1. The SMILES string of the molecule is O=C(NCc1csc([C@@H]2CCCN(C(=O)c3ccc(F)cc3Cl)C2)n1)C1CC1. The molecule has 1 aliphatic heterocycles. The van der Waals surface area contributed by atoms with Gasteiger partial charge in [-0.05, 0) is 43.9 Å². The largest absolute Gasteiger partial charge is 0.350 e. The maximum atomic E-state index is 13.3. The van der Waals surface area contributed by atoms with E-state index in [4.69, 9.17) is 11.6 Å². The first kappa shape index (κ1) is 19.3. The molecule has 2 aliphatic rings. The van der Waals surface area contributed by atoms with Crippen molar-refractivity contribution < 1.29 is 14.0 Å². The highest BCUT2D eigenvalue weighted by molar-refractivity contribution is 7.09. The fourth-order valence-electron chi connectivity index (χ4n) is 3.46. The van der Waals surface area contributed by atoms with Gasteiger partial charge in [-0.2, -0.15) is 0 Å². The minimum Gasteiger partial charge on any atom is -0.350 e. The number of carbonyl (C=O) groups is 2. The molecule has 0 bridgehead atoms. The molecule has 0 unspecified atom stereocenters. The zero-order valence-corrected chi connectivity index (χ0v) is 16.9. The van der Waals surface area contributed by atoms with E-state index < -0.39 is 5.82 Å². The van der Waals surface area contributed by atoms with Crippen LogP contribution in [0.15, 0.2) is 23.6 Å². The molecule has 2 heterocycles. The minimum atomic E-state index is -0.456. The Hall–Kier alpha value is -1.99. The quantitative estimate of drug-likeness (QED) is 0.794. The first-order valence-corrected chi connectivity index (χ1v) is 10.7. The highest BCUT2D eigenvalue weighted by atomic mass is 35.5. The molecule has 28 heavy (non-hydrogen) atoms. The fraction of sp³-hybridized carbons (Fsp3) is 0.450. The number of thiazole rings is 1. The van der Waals surface area contributed by atoms with E-state index in [9.17, 15) is 14.0 Å². The molecule has 0 spiro atoms. The topological polar surface area (TPSA) is 62.3 Å². The van der Waals surface area contributed by atoms with Crippen LogP contribution >= 0.6 is 22.9 Å². The van der Waals surface area contributed by atoms with Crippen molar-refractivity contribution in [3.63, 3.8) is 0 Å². The van der Waals surface area contributed by atoms with Crippen molar-refractivity contribution in [1.29, 1.82) is 0 Å². The summed E-state index contributed by atoms with van der Waals surface area (Å²) in [6.45, 7) is 1.67. The summed E-state index contributed by atoms with van der Waals surface area (Å²) in [5.41, 5.74) is 1.19. The summed E-state index contributed by atoms with van der Waals surface area (Å²) >= 11 is 7.63. The van der Waals surface area contributed by atoms with Gasteiger partial charge in [0.2, 0.25) is 5.91 Å². The molecule has 1 aromatic heterocycles. The van der Waals surface area contributed by atoms with E-state index in [-0.39, 0.29) is 28.7 Å². The Morgan fingerprint density at radius 2 is 2.14 bits per heavy atom. The number of nitrogens with zero attached hydrogens (tertiary/aromatic N) is 2. The summed E-state index contributed by atoms with van der Waals surface area (Å²) in [7, 11) is 0. The smallest absolute Gasteiger partial charge is 0.255 e. The molecule has 0 radical (unpaired) electrons. The first-order chi connectivity index (χ1) is 13.5. The fourth-order valence-corrected chi connectivity index (χ4v) is 4.65. The second-order valence-electron chi connectivity index (χ2n) is 7.38. The second-order valence-corrected chi connectivity index (χ2v) is 8.68. The third kappa shape index (κ3) is 4.36. The van der Waals surface area contributed by atoms with Gasteiger partial charge in [0, 0.05) is 30.3 Å². The number of hydrogen-bond acceptors (Lipinski definition) is 4. The number of amides is 2. The average Bonchev–Trinajstić information content (AvgIpc) is 3.44. The molecular formula is C20H21ClFN3O2S. The molecule has 8 heteroatoms. The van der Waals surface area contributed by atoms with Gasteiger partial charge >= 0.3 is 0 Å². The van der Waals surface area contributed by atoms with E-state index in [1.165, 1.54) is 18.2 Å². The molecule has 2 fully saturated rings. The standard InChI is InChI=1S/C20H21ClFN3O2S/c21-17-8-14(22)5-6-16(17)20(27)25-7-1-2-13(10-25)19-24-15(11-28-19)9-23-18(26)12-3-4-12/h5-6,8,11-13H,1-4,7,9-10H2,(H,23,26)/t13-/m1/s1. The highest BCUT2D eigenvalue weighted by Crippen LogP contribution is 2.31. The Labute approximate surface area is 171 Å². The molecule has 5 nitrogen and oxygen atoms in total. The van der Waals surface area contributed by atoms with E-state index in [1.54, 1.807) is 16.2 Å². The van der Waals surface area contributed by atoms with Crippen molar-refractivity contribution in [3.8, 4) is 0 Å². The molecule has 1 atom stereocenters. The number of piperidine rings is 1. The van der Waals surface area contributed by atoms with Gasteiger partial charge in [-0.1, -0.05) is 11.6 Å². The van der Waals surface area contributed by atoms with Gasteiger partial charge in [0.25, 0.3) is 5.91 Å². The lowest BCUT2D eigenvalue weighted by Crippen LogP contribution is -2.39. The van der Waals surface area contributed by atoms with E-state index in [0.717, 1.165) is 36.4 Å². The minimum absolute atomic E-state index is 0.111. The van der Waals surface area contributed by atoms with E-state index >= 15 is 0 Å². The zero-order valence-electron chi connectivity index (χ0n) is 15.3. The lowest BCUT2D eigenvalue weighted by molar-refractivity contribution is -0.122. The van der Waals surface area contributed by atoms with Gasteiger partial charge in [0.05, 0.1) is 27.8 Å². The van der Waals surface area contributed by atoms with Gasteiger partial charge < -0.3 is 10.2 Å². The summed E-state index contributed by atoms with van der Waals surface area (Å²) in [6.07, 6.45) is 3.81. The van der Waals surface area contributed by atoms with Crippen LogP contribution in [0.5, 0.6) is 0 Å². The Morgan fingerprint density at radius 1 is 1.32 bits per heavy atom. The number of rotatable bonds is 5. The van der Waals surface area contributed by atoms with Crippen LogP contribution in [0.1, 0.15) is 52.7 Å². The van der Waals surface area contributed by atoms with Crippen LogP contribution in [0.3, 0.4) is 0 Å². The number of hydrogen-bond donors (Lipinski definition) is 1. The van der Waals surface area contributed by atoms with E-state index in [2.05, 4.69) is 10.3 Å². The van der Waals surface area contributed by atoms with Crippen LogP contribution in [-0.2, 0) is 11.3 Å². The van der Waals surface area contributed by atoms with Crippen molar-refractivity contribution in [3.05, 3.63) is 50.7 Å². The maximum Gasteiger partial charge on any atom is 0.255 e. The Kier molecular flexibility index (Phi) is 5.64. The third-order valence-corrected chi connectivity index (χ3v) is 6.55. The summed E-state index contributed by atoms with van der Waals surface area (Å²) in [5.74, 6) is -0.172. The molecule has 1 N–H and O–H groups in total. The lowest BCUT2D eigenvalue weighted by atomic mass is 9.98. The number of nitrogens with one attached hydrogen (secondary N) is 1. The molecule has 1 saturated carbocycles. The normalized spacial score (nSPS) is 19.5. The van der Waals surface area contributed by atoms with Crippen LogP contribution in [0.4, 0.5) is 4.39 Å². The Morgan fingerprint density at radius 3 is 2.89 bits per heavy atom. The van der Waals surface area contributed by atoms with Gasteiger partial charge in [-0.15, -0.1) is 11.3 Å². The van der Waals surface area contributed by atoms with Crippen molar-refractivity contribution in [2.45, 2.75) is 38.1 Å². The van der Waals surface area contributed by atoms with Crippen LogP contribution in [0.2, 0.25) is 5.02 Å². The molecule has 4 rings (SSSR count). The molecule has 2 aromatic rings. The Balaban J connectivity index is 1.39.